The van der Waals surface area contributed by atoms with Crippen LogP contribution in [0.2, 0.25) is 0 Å². The summed E-state index contributed by atoms with van der Waals surface area (Å²) in [6, 6.07) is 0. The molecule has 0 saturated heterocycles. The molecule has 0 aromatic heterocycles. The first kappa shape index (κ1) is 11.1. The molecule has 0 rings (SSSR count). The lowest BCUT2D eigenvalue weighted by molar-refractivity contribution is -0.138. The fraction of sp³-hybridized carbons (Fsp3) is 0.750. The van der Waals surface area contributed by atoms with E-state index in [-0.39, 0.29) is 18.6 Å². The number of hydrogen-bond donors (Lipinski definition) is 1. The SMILES string of the molecule is CN(C)CCC(=O)CCC(=O)O. The molecule has 0 amide bonds. The minimum atomic E-state index is -0.909. The quantitative estimate of drug-likeness (QED) is 0.630. The second-order valence-corrected chi connectivity index (χ2v) is 2.99. The zero-order valence-corrected chi connectivity index (χ0v) is 7.54. The summed E-state index contributed by atoms with van der Waals surface area (Å²) in [7, 11) is 3.76. The lowest BCUT2D eigenvalue weighted by Crippen LogP contribution is -2.16. The van der Waals surface area contributed by atoms with Gasteiger partial charge in [0.05, 0.1) is 6.42 Å². The van der Waals surface area contributed by atoms with Crippen molar-refractivity contribution in [2.75, 3.05) is 20.6 Å². The van der Waals surface area contributed by atoms with E-state index in [2.05, 4.69) is 0 Å². The lowest BCUT2D eigenvalue weighted by atomic mass is 10.1. The number of aliphatic carboxylic acids is 1. The van der Waals surface area contributed by atoms with Crippen LogP contribution in [-0.2, 0) is 9.59 Å². The number of nitrogens with zero attached hydrogens (tertiary/aromatic N) is 1. The van der Waals surface area contributed by atoms with Crippen LogP contribution in [0.4, 0.5) is 0 Å². The third-order valence-electron chi connectivity index (χ3n) is 1.46. The van der Waals surface area contributed by atoms with E-state index in [1.165, 1.54) is 0 Å². The van der Waals surface area contributed by atoms with Gasteiger partial charge in [0.25, 0.3) is 0 Å². The second kappa shape index (κ2) is 5.71. The highest BCUT2D eigenvalue weighted by Crippen LogP contribution is 1.95. The Balaban J connectivity index is 3.40. The molecule has 4 nitrogen and oxygen atoms in total. The van der Waals surface area contributed by atoms with Crippen molar-refractivity contribution in [3.63, 3.8) is 0 Å². The fourth-order valence-corrected chi connectivity index (χ4v) is 0.720. The number of carboxylic acids is 1. The fourth-order valence-electron chi connectivity index (χ4n) is 0.720. The highest BCUT2D eigenvalue weighted by molar-refractivity contribution is 5.82. The van der Waals surface area contributed by atoms with E-state index in [0.717, 1.165) is 0 Å². The van der Waals surface area contributed by atoms with Crippen LogP contribution in [0.25, 0.3) is 0 Å². The summed E-state index contributed by atoms with van der Waals surface area (Å²) >= 11 is 0. The molecule has 0 saturated carbocycles. The molecular formula is C8H15NO3. The first-order chi connectivity index (χ1) is 5.52. The normalized spacial score (nSPS) is 10.2. The molecule has 0 bridgehead atoms. The number of carbonyl (C=O) groups excluding carboxylic acids is 1. The van der Waals surface area contributed by atoms with Gasteiger partial charge in [0.2, 0.25) is 0 Å². The number of Topliss-reactive ketones (excluding diaryl/α,β-unsaturated/α-hetero) is 1. The van der Waals surface area contributed by atoms with Gasteiger partial charge in [-0.15, -0.1) is 0 Å². The summed E-state index contributed by atoms with van der Waals surface area (Å²) in [5, 5.41) is 8.28. The van der Waals surface area contributed by atoms with Gasteiger partial charge >= 0.3 is 5.97 Å². The predicted molar refractivity (Wildman–Crippen MR) is 45.0 cm³/mol. The van der Waals surface area contributed by atoms with Crippen molar-refractivity contribution < 1.29 is 14.7 Å². The summed E-state index contributed by atoms with van der Waals surface area (Å²) in [6.45, 7) is 0.693. The molecular weight excluding hydrogens is 158 g/mol. The first-order valence-corrected chi connectivity index (χ1v) is 3.90. The van der Waals surface area contributed by atoms with Crippen LogP contribution < -0.4 is 0 Å². The smallest absolute Gasteiger partial charge is 0.303 e. The van der Waals surface area contributed by atoms with Gasteiger partial charge in [0.15, 0.2) is 0 Å². The van der Waals surface area contributed by atoms with Crippen LogP contribution in [-0.4, -0.2) is 42.4 Å². The van der Waals surface area contributed by atoms with Crippen molar-refractivity contribution in [3.05, 3.63) is 0 Å². The minimum absolute atomic E-state index is 0.0195. The summed E-state index contributed by atoms with van der Waals surface area (Å²) in [5.74, 6) is -0.890. The summed E-state index contributed by atoms with van der Waals surface area (Å²) in [5.41, 5.74) is 0. The minimum Gasteiger partial charge on any atom is -0.481 e. The molecule has 0 unspecified atom stereocenters. The molecule has 0 radical (unpaired) electrons. The topological polar surface area (TPSA) is 57.6 Å². The zero-order valence-electron chi connectivity index (χ0n) is 7.54. The lowest BCUT2D eigenvalue weighted by Gasteiger charge is -2.07. The Bertz CT molecular complexity index is 166. The molecule has 0 aliphatic heterocycles. The molecule has 0 spiro atoms. The molecule has 0 aromatic rings. The maximum absolute atomic E-state index is 11.0. The summed E-state index contributed by atoms with van der Waals surface area (Å²) in [4.78, 5) is 22.9. The maximum Gasteiger partial charge on any atom is 0.303 e. The Morgan fingerprint density at radius 3 is 2.17 bits per heavy atom. The van der Waals surface area contributed by atoms with E-state index in [4.69, 9.17) is 5.11 Å². The highest BCUT2D eigenvalue weighted by Gasteiger charge is 2.05. The average Bonchev–Trinajstić information content (AvgIpc) is 1.96. The van der Waals surface area contributed by atoms with Crippen LogP contribution in [0.1, 0.15) is 19.3 Å². The Hall–Kier alpha value is -0.900. The van der Waals surface area contributed by atoms with Gasteiger partial charge in [-0.1, -0.05) is 0 Å². The molecule has 0 aliphatic carbocycles. The number of carbonyl (C=O) groups is 2. The number of carboxylic acid groups (broad SMARTS) is 1. The zero-order chi connectivity index (χ0) is 9.56. The summed E-state index contributed by atoms with van der Waals surface area (Å²) in [6.07, 6.45) is 0.551. The van der Waals surface area contributed by atoms with Crippen LogP contribution in [0.3, 0.4) is 0 Å². The van der Waals surface area contributed by atoms with Gasteiger partial charge in [-0.3, -0.25) is 9.59 Å². The Labute approximate surface area is 72.2 Å². The van der Waals surface area contributed by atoms with Crippen molar-refractivity contribution in [3.8, 4) is 0 Å². The van der Waals surface area contributed by atoms with Gasteiger partial charge in [-0.05, 0) is 14.1 Å². The van der Waals surface area contributed by atoms with Gasteiger partial charge in [0.1, 0.15) is 5.78 Å². The molecule has 4 heteroatoms. The van der Waals surface area contributed by atoms with Gasteiger partial charge in [0, 0.05) is 19.4 Å². The van der Waals surface area contributed by atoms with E-state index in [0.29, 0.717) is 13.0 Å². The molecule has 12 heavy (non-hydrogen) atoms. The number of hydrogen-bond acceptors (Lipinski definition) is 3. The Kier molecular flexibility index (Phi) is 5.28. The largest absolute Gasteiger partial charge is 0.481 e. The Morgan fingerprint density at radius 1 is 1.17 bits per heavy atom. The molecule has 0 heterocycles. The Morgan fingerprint density at radius 2 is 1.75 bits per heavy atom. The van der Waals surface area contributed by atoms with Crippen LogP contribution in [0.5, 0.6) is 0 Å². The van der Waals surface area contributed by atoms with Crippen LogP contribution >= 0.6 is 0 Å². The first-order valence-electron chi connectivity index (χ1n) is 3.90. The van der Waals surface area contributed by atoms with E-state index >= 15 is 0 Å². The van der Waals surface area contributed by atoms with Crippen LogP contribution in [0.15, 0.2) is 0 Å². The van der Waals surface area contributed by atoms with E-state index in [9.17, 15) is 9.59 Å². The van der Waals surface area contributed by atoms with Gasteiger partial charge < -0.3 is 10.0 Å². The summed E-state index contributed by atoms with van der Waals surface area (Å²) < 4.78 is 0. The molecule has 0 atom stereocenters. The maximum atomic E-state index is 11.0. The van der Waals surface area contributed by atoms with E-state index in [1.807, 2.05) is 19.0 Å². The second-order valence-electron chi connectivity index (χ2n) is 2.99. The molecule has 0 fully saturated rings. The van der Waals surface area contributed by atoms with Crippen LogP contribution in [0, 0.1) is 0 Å². The monoisotopic (exact) mass is 173 g/mol. The third-order valence-corrected chi connectivity index (χ3v) is 1.46. The van der Waals surface area contributed by atoms with Crippen molar-refractivity contribution in [1.82, 2.24) is 4.90 Å². The third kappa shape index (κ3) is 7.21. The number of rotatable bonds is 6. The molecule has 0 aliphatic rings. The molecule has 70 valence electrons. The standard InChI is InChI=1S/C8H15NO3/c1-9(2)6-5-7(10)3-4-8(11)12/h3-6H2,1-2H3,(H,11,12). The van der Waals surface area contributed by atoms with E-state index < -0.39 is 5.97 Å². The van der Waals surface area contributed by atoms with Crippen molar-refractivity contribution in [2.24, 2.45) is 0 Å². The predicted octanol–water partition coefficient (Wildman–Crippen LogP) is 0.372. The molecule has 0 aromatic carbocycles. The van der Waals surface area contributed by atoms with Gasteiger partial charge in [-0.2, -0.15) is 0 Å². The molecule has 1 N–H and O–H groups in total. The number of ketones is 1. The van der Waals surface area contributed by atoms with Crippen molar-refractivity contribution in [1.29, 1.82) is 0 Å². The van der Waals surface area contributed by atoms with Crippen molar-refractivity contribution >= 4 is 11.8 Å². The highest BCUT2D eigenvalue weighted by atomic mass is 16.4. The van der Waals surface area contributed by atoms with Crippen molar-refractivity contribution in [2.45, 2.75) is 19.3 Å². The van der Waals surface area contributed by atoms with Gasteiger partial charge in [-0.25, -0.2) is 0 Å². The van der Waals surface area contributed by atoms with E-state index in [1.54, 1.807) is 0 Å². The average molecular weight is 173 g/mol.